The lowest BCUT2D eigenvalue weighted by Crippen LogP contribution is -2.03. The van der Waals surface area contributed by atoms with Crippen LogP contribution in [0.1, 0.15) is 22.8 Å². The molecule has 20 heavy (non-hydrogen) atoms. The third-order valence-electron chi connectivity index (χ3n) is 2.84. The van der Waals surface area contributed by atoms with Crippen molar-refractivity contribution in [3.63, 3.8) is 0 Å². The van der Waals surface area contributed by atoms with Crippen LogP contribution in [0.25, 0.3) is 0 Å². The van der Waals surface area contributed by atoms with Gasteiger partial charge in [-0.05, 0) is 30.7 Å². The molecular weight excluding hydrogens is 254 g/mol. The van der Waals surface area contributed by atoms with Gasteiger partial charge in [-0.15, -0.1) is 0 Å². The van der Waals surface area contributed by atoms with Crippen LogP contribution in [-0.4, -0.2) is 12.2 Å². The van der Waals surface area contributed by atoms with Gasteiger partial charge in [-0.2, -0.15) is 0 Å². The molecule has 1 amide bonds. The monoisotopic (exact) mass is 269 g/mol. The van der Waals surface area contributed by atoms with Crippen LogP contribution in [0.5, 0.6) is 5.75 Å². The van der Waals surface area contributed by atoms with Crippen molar-refractivity contribution in [1.82, 2.24) is 0 Å². The standard InChI is InChI=1S/C16H15NO3/c1-12(19)14-7-8-16(15(9-14)17-11-18)20-10-13-5-3-2-4-6-13/h2-9,11H,10H2,1H3,(H,17,18). The molecule has 0 fully saturated rings. The molecule has 0 radical (unpaired) electrons. The summed E-state index contributed by atoms with van der Waals surface area (Å²) in [7, 11) is 0. The second kappa shape index (κ2) is 6.52. The molecule has 2 aromatic carbocycles. The molecule has 4 heteroatoms. The second-order valence-corrected chi connectivity index (χ2v) is 4.30. The molecule has 0 aromatic heterocycles. The van der Waals surface area contributed by atoms with E-state index in [1.807, 2.05) is 30.3 Å². The number of amides is 1. The van der Waals surface area contributed by atoms with Gasteiger partial charge in [0.2, 0.25) is 6.41 Å². The molecule has 102 valence electrons. The molecule has 4 nitrogen and oxygen atoms in total. The Morgan fingerprint density at radius 3 is 2.60 bits per heavy atom. The zero-order valence-corrected chi connectivity index (χ0v) is 11.1. The molecular formula is C16H15NO3. The summed E-state index contributed by atoms with van der Waals surface area (Å²) in [6.07, 6.45) is 0.564. The summed E-state index contributed by atoms with van der Waals surface area (Å²) in [5, 5.41) is 2.55. The van der Waals surface area contributed by atoms with Crippen molar-refractivity contribution < 1.29 is 14.3 Å². The van der Waals surface area contributed by atoms with Crippen LogP contribution in [0.3, 0.4) is 0 Å². The summed E-state index contributed by atoms with van der Waals surface area (Å²) in [6.45, 7) is 1.87. The Morgan fingerprint density at radius 1 is 1.20 bits per heavy atom. The lowest BCUT2D eigenvalue weighted by atomic mass is 10.1. The van der Waals surface area contributed by atoms with Gasteiger partial charge in [-0.25, -0.2) is 0 Å². The first-order chi connectivity index (χ1) is 9.70. The van der Waals surface area contributed by atoms with Crippen molar-refractivity contribution in [2.75, 3.05) is 5.32 Å². The molecule has 0 saturated carbocycles. The molecule has 0 atom stereocenters. The Balaban J connectivity index is 2.18. The number of hydrogen-bond acceptors (Lipinski definition) is 3. The SMILES string of the molecule is CC(=O)c1ccc(OCc2ccccc2)c(NC=O)c1. The van der Waals surface area contributed by atoms with E-state index in [0.29, 0.717) is 30.0 Å². The number of rotatable bonds is 6. The van der Waals surface area contributed by atoms with Crippen LogP contribution in [-0.2, 0) is 11.4 Å². The predicted octanol–water partition coefficient (Wildman–Crippen LogP) is 3.04. The molecule has 2 aromatic rings. The Labute approximate surface area is 117 Å². The van der Waals surface area contributed by atoms with E-state index in [9.17, 15) is 9.59 Å². The van der Waals surface area contributed by atoms with Gasteiger partial charge < -0.3 is 10.1 Å². The highest BCUT2D eigenvalue weighted by atomic mass is 16.5. The molecule has 0 spiro atoms. The quantitative estimate of drug-likeness (QED) is 0.647. The Kier molecular flexibility index (Phi) is 4.50. The molecule has 0 aliphatic carbocycles. The smallest absolute Gasteiger partial charge is 0.211 e. The van der Waals surface area contributed by atoms with Gasteiger partial charge >= 0.3 is 0 Å². The normalized spacial score (nSPS) is 9.85. The number of Topliss-reactive ketones (excluding diaryl/α,β-unsaturated/α-hetero) is 1. The van der Waals surface area contributed by atoms with Crippen LogP contribution in [0.4, 0.5) is 5.69 Å². The maximum Gasteiger partial charge on any atom is 0.211 e. The van der Waals surface area contributed by atoms with Crippen LogP contribution in [0.15, 0.2) is 48.5 Å². The third kappa shape index (κ3) is 3.45. The number of hydrogen-bond donors (Lipinski definition) is 1. The van der Waals surface area contributed by atoms with E-state index < -0.39 is 0 Å². The molecule has 0 heterocycles. The largest absolute Gasteiger partial charge is 0.487 e. The zero-order chi connectivity index (χ0) is 14.4. The van der Waals surface area contributed by atoms with E-state index in [0.717, 1.165) is 5.56 Å². The number of ether oxygens (including phenoxy) is 1. The number of carbonyl (C=O) groups excluding carboxylic acids is 2. The molecule has 0 unspecified atom stereocenters. The molecule has 0 aliphatic rings. The molecule has 2 rings (SSSR count). The van der Waals surface area contributed by atoms with Gasteiger partial charge in [0.1, 0.15) is 12.4 Å². The maximum atomic E-state index is 11.3. The molecule has 0 aliphatic heterocycles. The average molecular weight is 269 g/mol. The number of ketones is 1. The van der Waals surface area contributed by atoms with Crippen molar-refractivity contribution in [2.24, 2.45) is 0 Å². The number of nitrogens with one attached hydrogen (secondary N) is 1. The van der Waals surface area contributed by atoms with E-state index in [-0.39, 0.29) is 5.78 Å². The van der Waals surface area contributed by atoms with Crippen molar-refractivity contribution in [3.8, 4) is 5.75 Å². The summed E-state index contributed by atoms with van der Waals surface area (Å²) < 4.78 is 5.68. The van der Waals surface area contributed by atoms with E-state index in [2.05, 4.69) is 5.32 Å². The fourth-order valence-electron chi connectivity index (χ4n) is 1.79. The Bertz CT molecular complexity index is 608. The van der Waals surface area contributed by atoms with Crippen LogP contribution >= 0.6 is 0 Å². The van der Waals surface area contributed by atoms with Gasteiger partial charge in [-0.3, -0.25) is 9.59 Å². The van der Waals surface area contributed by atoms with Crippen molar-refractivity contribution >= 4 is 17.9 Å². The van der Waals surface area contributed by atoms with Crippen molar-refractivity contribution in [1.29, 1.82) is 0 Å². The van der Waals surface area contributed by atoms with E-state index in [4.69, 9.17) is 4.74 Å². The highest BCUT2D eigenvalue weighted by Gasteiger charge is 2.07. The minimum absolute atomic E-state index is 0.0615. The van der Waals surface area contributed by atoms with E-state index in [1.165, 1.54) is 6.92 Å². The summed E-state index contributed by atoms with van der Waals surface area (Å²) in [6, 6.07) is 14.7. The van der Waals surface area contributed by atoms with E-state index >= 15 is 0 Å². The molecule has 1 N–H and O–H groups in total. The zero-order valence-electron chi connectivity index (χ0n) is 11.1. The van der Waals surface area contributed by atoms with Crippen LogP contribution < -0.4 is 10.1 Å². The highest BCUT2D eigenvalue weighted by Crippen LogP contribution is 2.26. The summed E-state index contributed by atoms with van der Waals surface area (Å²) in [5.74, 6) is 0.472. The minimum Gasteiger partial charge on any atom is -0.487 e. The van der Waals surface area contributed by atoms with Crippen molar-refractivity contribution in [3.05, 3.63) is 59.7 Å². The molecule has 0 saturated heterocycles. The van der Waals surface area contributed by atoms with Crippen LogP contribution in [0.2, 0.25) is 0 Å². The summed E-state index contributed by atoms with van der Waals surface area (Å²) >= 11 is 0. The number of benzene rings is 2. The van der Waals surface area contributed by atoms with Gasteiger partial charge in [0.25, 0.3) is 0 Å². The van der Waals surface area contributed by atoms with Gasteiger partial charge in [0.15, 0.2) is 5.78 Å². The fraction of sp³-hybridized carbons (Fsp3) is 0.125. The first-order valence-corrected chi connectivity index (χ1v) is 6.22. The fourth-order valence-corrected chi connectivity index (χ4v) is 1.79. The van der Waals surface area contributed by atoms with Crippen molar-refractivity contribution in [2.45, 2.75) is 13.5 Å². The Hall–Kier alpha value is -2.62. The third-order valence-corrected chi connectivity index (χ3v) is 2.84. The highest BCUT2D eigenvalue weighted by molar-refractivity contribution is 5.96. The minimum atomic E-state index is -0.0615. The summed E-state index contributed by atoms with van der Waals surface area (Å²) in [4.78, 5) is 22.0. The predicted molar refractivity (Wildman–Crippen MR) is 76.9 cm³/mol. The number of anilines is 1. The second-order valence-electron chi connectivity index (χ2n) is 4.30. The average Bonchev–Trinajstić information content (AvgIpc) is 2.47. The summed E-state index contributed by atoms with van der Waals surface area (Å²) in [5.41, 5.74) is 2.05. The lowest BCUT2D eigenvalue weighted by Gasteiger charge is -2.11. The van der Waals surface area contributed by atoms with Gasteiger partial charge in [0.05, 0.1) is 5.69 Å². The van der Waals surface area contributed by atoms with Crippen LogP contribution in [0, 0.1) is 0 Å². The van der Waals surface area contributed by atoms with Gasteiger partial charge in [-0.1, -0.05) is 30.3 Å². The maximum absolute atomic E-state index is 11.3. The topological polar surface area (TPSA) is 55.4 Å². The van der Waals surface area contributed by atoms with E-state index in [1.54, 1.807) is 18.2 Å². The lowest BCUT2D eigenvalue weighted by molar-refractivity contribution is -0.105. The van der Waals surface area contributed by atoms with Gasteiger partial charge in [0, 0.05) is 5.56 Å². The first kappa shape index (κ1) is 13.8. The Morgan fingerprint density at radius 2 is 1.95 bits per heavy atom. The molecule has 0 bridgehead atoms. The number of carbonyl (C=O) groups is 2. The first-order valence-electron chi connectivity index (χ1n) is 6.22.